The SMILES string of the molecule is CC[C@H](C(=O)OCC(COC(=O)[C@@H](CC)c1ccccc1)(COC(=O)[C@H](CC)c1ccccc1)COC(=O)[C@H](CC)c1ccccc1)c1ccccc1. The third-order valence-corrected chi connectivity index (χ3v) is 9.66. The fourth-order valence-corrected chi connectivity index (χ4v) is 6.44. The lowest BCUT2D eigenvalue weighted by molar-refractivity contribution is -0.172. The first-order valence-electron chi connectivity index (χ1n) is 18.6. The van der Waals surface area contributed by atoms with Gasteiger partial charge in [-0.05, 0) is 47.9 Å². The highest BCUT2D eigenvalue weighted by Crippen LogP contribution is 2.30. The smallest absolute Gasteiger partial charge is 0.313 e. The lowest BCUT2D eigenvalue weighted by atomic mass is 9.90. The summed E-state index contributed by atoms with van der Waals surface area (Å²) in [7, 11) is 0. The van der Waals surface area contributed by atoms with Crippen molar-refractivity contribution in [3.05, 3.63) is 144 Å². The van der Waals surface area contributed by atoms with Crippen LogP contribution in [-0.2, 0) is 38.1 Å². The molecule has 0 saturated carbocycles. The first kappa shape index (κ1) is 40.5. The summed E-state index contributed by atoms with van der Waals surface area (Å²) in [4.78, 5) is 54.8. The summed E-state index contributed by atoms with van der Waals surface area (Å²) < 4.78 is 24.1. The minimum absolute atomic E-state index is 0.338. The van der Waals surface area contributed by atoms with Crippen LogP contribution in [0.1, 0.15) is 99.3 Å². The molecule has 0 aliphatic heterocycles. The summed E-state index contributed by atoms with van der Waals surface area (Å²) in [5, 5.41) is 0. The number of hydrogen-bond donors (Lipinski definition) is 0. The predicted octanol–water partition coefficient (Wildman–Crippen LogP) is 8.92. The molecule has 280 valence electrons. The monoisotopic (exact) mass is 720 g/mol. The molecule has 0 spiro atoms. The molecule has 0 heterocycles. The van der Waals surface area contributed by atoms with Crippen LogP contribution in [0.3, 0.4) is 0 Å². The zero-order valence-electron chi connectivity index (χ0n) is 31.3. The highest BCUT2D eigenvalue weighted by atomic mass is 16.6. The normalized spacial score (nSPS) is 13.5. The molecule has 0 N–H and O–H groups in total. The van der Waals surface area contributed by atoms with E-state index in [0.29, 0.717) is 25.7 Å². The number of hydrogen-bond acceptors (Lipinski definition) is 8. The Hall–Kier alpha value is -5.24. The third-order valence-electron chi connectivity index (χ3n) is 9.66. The van der Waals surface area contributed by atoms with Gasteiger partial charge in [-0.25, -0.2) is 0 Å². The molecule has 4 rings (SSSR count). The van der Waals surface area contributed by atoms with E-state index < -0.39 is 53.0 Å². The summed E-state index contributed by atoms with van der Waals surface area (Å²) in [5.41, 5.74) is 1.76. The maximum Gasteiger partial charge on any atom is 0.313 e. The fourth-order valence-electron chi connectivity index (χ4n) is 6.44. The van der Waals surface area contributed by atoms with Crippen molar-refractivity contribution in [2.45, 2.75) is 77.0 Å². The predicted molar refractivity (Wildman–Crippen MR) is 204 cm³/mol. The van der Waals surface area contributed by atoms with E-state index in [-0.39, 0.29) is 26.4 Å². The van der Waals surface area contributed by atoms with Crippen LogP contribution in [0.4, 0.5) is 0 Å². The molecule has 8 nitrogen and oxygen atoms in total. The minimum atomic E-state index is -1.43. The molecule has 4 aromatic carbocycles. The molecule has 0 saturated heterocycles. The molecule has 0 amide bonds. The van der Waals surface area contributed by atoms with E-state index in [9.17, 15) is 19.2 Å². The fraction of sp³-hybridized carbons (Fsp3) is 0.378. The Labute approximate surface area is 313 Å². The molecule has 4 atom stereocenters. The van der Waals surface area contributed by atoms with Gasteiger partial charge >= 0.3 is 23.9 Å². The Balaban J connectivity index is 1.67. The van der Waals surface area contributed by atoms with Gasteiger partial charge < -0.3 is 18.9 Å². The summed E-state index contributed by atoms with van der Waals surface area (Å²) >= 11 is 0. The first-order chi connectivity index (χ1) is 25.8. The van der Waals surface area contributed by atoms with E-state index in [1.54, 1.807) is 0 Å². The second-order valence-electron chi connectivity index (χ2n) is 13.4. The number of carbonyl (C=O) groups excluding carboxylic acids is 4. The molecular weight excluding hydrogens is 668 g/mol. The van der Waals surface area contributed by atoms with Crippen LogP contribution in [0.5, 0.6) is 0 Å². The van der Waals surface area contributed by atoms with Crippen molar-refractivity contribution in [1.82, 2.24) is 0 Å². The largest absolute Gasteiger partial charge is 0.464 e. The average Bonchev–Trinajstić information content (AvgIpc) is 3.20. The number of benzene rings is 4. The van der Waals surface area contributed by atoms with E-state index in [1.165, 1.54) is 0 Å². The van der Waals surface area contributed by atoms with Crippen molar-refractivity contribution in [3.8, 4) is 0 Å². The van der Waals surface area contributed by atoms with Crippen molar-refractivity contribution >= 4 is 23.9 Å². The Morgan fingerprint density at radius 3 is 0.736 bits per heavy atom. The Kier molecular flexibility index (Phi) is 15.8. The van der Waals surface area contributed by atoms with Gasteiger partial charge in [-0.3, -0.25) is 19.2 Å². The van der Waals surface area contributed by atoms with Crippen molar-refractivity contribution in [2.24, 2.45) is 5.41 Å². The minimum Gasteiger partial charge on any atom is -0.464 e. The van der Waals surface area contributed by atoms with E-state index in [4.69, 9.17) is 18.9 Å². The van der Waals surface area contributed by atoms with Crippen molar-refractivity contribution in [3.63, 3.8) is 0 Å². The first-order valence-corrected chi connectivity index (χ1v) is 18.6. The van der Waals surface area contributed by atoms with Crippen LogP contribution in [0.15, 0.2) is 121 Å². The standard InChI is InChI=1S/C45H52O8/c1-5-37(33-21-13-9-14-22-33)41(46)50-29-45(30-51-42(47)38(6-2)34-23-15-10-16-24-34,31-52-43(48)39(7-3)35-25-17-11-18-26-35)32-53-44(49)40(8-4)36-27-19-12-20-28-36/h9-28,37-40H,5-8,29-32H2,1-4H3/t37-,38-,39+,40+. The molecule has 0 radical (unpaired) electrons. The van der Waals surface area contributed by atoms with Crippen LogP contribution in [-0.4, -0.2) is 50.3 Å². The maximum atomic E-state index is 13.7. The highest BCUT2D eigenvalue weighted by Gasteiger charge is 2.40. The van der Waals surface area contributed by atoms with Crippen LogP contribution < -0.4 is 0 Å². The van der Waals surface area contributed by atoms with E-state index >= 15 is 0 Å². The van der Waals surface area contributed by atoms with Crippen LogP contribution in [0.25, 0.3) is 0 Å². The molecule has 0 bridgehead atoms. The summed E-state index contributed by atoms with van der Waals surface area (Å²) in [6.07, 6.45) is 1.92. The maximum absolute atomic E-state index is 13.7. The lowest BCUT2D eigenvalue weighted by Crippen LogP contribution is -2.45. The van der Waals surface area contributed by atoms with Gasteiger partial charge in [0, 0.05) is 0 Å². The van der Waals surface area contributed by atoms with Gasteiger partial charge in [0.1, 0.15) is 31.8 Å². The molecular formula is C45H52O8. The Morgan fingerprint density at radius 2 is 0.566 bits per heavy atom. The molecule has 0 aliphatic rings. The van der Waals surface area contributed by atoms with Gasteiger partial charge in [0.05, 0.1) is 23.7 Å². The van der Waals surface area contributed by atoms with Gasteiger partial charge in [-0.15, -0.1) is 0 Å². The van der Waals surface area contributed by atoms with Crippen molar-refractivity contribution < 1.29 is 38.1 Å². The molecule has 53 heavy (non-hydrogen) atoms. The lowest BCUT2D eigenvalue weighted by Gasteiger charge is -2.33. The van der Waals surface area contributed by atoms with Gasteiger partial charge in [0.15, 0.2) is 0 Å². The van der Waals surface area contributed by atoms with Gasteiger partial charge in [-0.1, -0.05) is 149 Å². The van der Waals surface area contributed by atoms with Gasteiger partial charge in [0.25, 0.3) is 0 Å². The Morgan fingerprint density at radius 1 is 0.377 bits per heavy atom. The second-order valence-corrected chi connectivity index (χ2v) is 13.4. The topological polar surface area (TPSA) is 105 Å². The van der Waals surface area contributed by atoms with Gasteiger partial charge in [-0.2, -0.15) is 0 Å². The summed E-state index contributed by atoms with van der Waals surface area (Å²) in [5.74, 6) is -4.21. The van der Waals surface area contributed by atoms with E-state index in [0.717, 1.165) is 22.3 Å². The quantitative estimate of drug-likeness (QED) is 0.0659. The highest BCUT2D eigenvalue weighted by molar-refractivity contribution is 5.80. The van der Waals surface area contributed by atoms with E-state index in [2.05, 4.69) is 0 Å². The molecule has 0 unspecified atom stereocenters. The summed E-state index contributed by atoms with van der Waals surface area (Å²) in [6.45, 7) is 6.24. The summed E-state index contributed by atoms with van der Waals surface area (Å²) in [6, 6.07) is 37.3. The Bertz CT molecular complexity index is 1450. The van der Waals surface area contributed by atoms with Crippen LogP contribution in [0, 0.1) is 5.41 Å². The zero-order chi connectivity index (χ0) is 38.1. The molecule has 8 heteroatoms. The number of rotatable bonds is 20. The van der Waals surface area contributed by atoms with Crippen LogP contribution >= 0.6 is 0 Å². The second kappa shape index (κ2) is 20.7. The van der Waals surface area contributed by atoms with E-state index in [1.807, 2.05) is 149 Å². The number of ether oxygens (including phenoxy) is 4. The van der Waals surface area contributed by atoms with Crippen molar-refractivity contribution in [2.75, 3.05) is 26.4 Å². The van der Waals surface area contributed by atoms with Crippen LogP contribution in [0.2, 0.25) is 0 Å². The number of carbonyl (C=O) groups is 4. The average molecular weight is 721 g/mol. The molecule has 0 aromatic heterocycles. The molecule has 0 aliphatic carbocycles. The zero-order valence-corrected chi connectivity index (χ0v) is 31.3. The number of esters is 4. The molecule has 0 fully saturated rings. The van der Waals surface area contributed by atoms with Gasteiger partial charge in [0.2, 0.25) is 0 Å². The molecule has 4 aromatic rings. The van der Waals surface area contributed by atoms with Crippen molar-refractivity contribution in [1.29, 1.82) is 0 Å². The third kappa shape index (κ3) is 11.4.